The zero-order valence-electron chi connectivity index (χ0n) is 13.6. The number of carbonyl (C=O) groups excluding carboxylic acids is 2. The number of hydrogen-bond donors (Lipinski definition) is 3. The topological polar surface area (TPSA) is 95.5 Å². The molecule has 0 aliphatic rings. The molecule has 0 aliphatic heterocycles. The molecule has 6 nitrogen and oxygen atoms in total. The summed E-state index contributed by atoms with van der Waals surface area (Å²) in [5, 5.41) is 16.3. The molecule has 0 saturated carbocycles. The minimum Gasteiger partial charge on any atom is -0.481 e. The third kappa shape index (κ3) is 4.55. The highest BCUT2D eigenvalue weighted by Crippen LogP contribution is 2.22. The van der Waals surface area contributed by atoms with Crippen molar-refractivity contribution in [3.63, 3.8) is 0 Å². The van der Waals surface area contributed by atoms with E-state index in [-0.39, 0.29) is 12.3 Å². The molecule has 0 radical (unpaired) electrons. The lowest BCUT2D eigenvalue weighted by molar-refractivity contribution is -0.138. The monoisotopic (exact) mass is 328 g/mol. The van der Waals surface area contributed by atoms with Crippen LogP contribution in [0.4, 0.5) is 0 Å². The van der Waals surface area contributed by atoms with E-state index in [0.717, 1.165) is 10.8 Å². The number of carboxylic acid groups (broad SMARTS) is 1. The van der Waals surface area contributed by atoms with Crippen LogP contribution in [0.1, 0.15) is 31.9 Å². The van der Waals surface area contributed by atoms with Crippen LogP contribution in [-0.2, 0) is 14.4 Å². The van der Waals surface area contributed by atoms with Crippen molar-refractivity contribution in [1.29, 1.82) is 0 Å². The van der Waals surface area contributed by atoms with E-state index in [9.17, 15) is 14.4 Å². The van der Waals surface area contributed by atoms with Gasteiger partial charge in [-0.3, -0.25) is 14.4 Å². The second kappa shape index (κ2) is 7.59. The van der Waals surface area contributed by atoms with Gasteiger partial charge in [0.2, 0.25) is 11.8 Å². The highest BCUT2D eigenvalue weighted by atomic mass is 16.4. The van der Waals surface area contributed by atoms with Crippen molar-refractivity contribution in [2.75, 3.05) is 0 Å². The van der Waals surface area contributed by atoms with E-state index in [2.05, 4.69) is 10.6 Å². The largest absolute Gasteiger partial charge is 0.481 e. The number of benzene rings is 2. The van der Waals surface area contributed by atoms with E-state index >= 15 is 0 Å². The lowest BCUT2D eigenvalue weighted by Crippen LogP contribution is -2.45. The molecule has 1 unspecified atom stereocenters. The van der Waals surface area contributed by atoms with Gasteiger partial charge in [-0.1, -0.05) is 36.4 Å². The normalized spacial score (nSPS) is 13.1. The molecule has 3 N–H and O–H groups in total. The highest BCUT2D eigenvalue weighted by molar-refractivity contribution is 5.87. The number of rotatable bonds is 6. The minimum atomic E-state index is -1.01. The lowest BCUT2D eigenvalue weighted by Gasteiger charge is -2.21. The second-order valence-electron chi connectivity index (χ2n) is 5.69. The average molecular weight is 328 g/mol. The molecule has 0 heterocycles. The predicted molar refractivity (Wildman–Crippen MR) is 90.4 cm³/mol. The summed E-state index contributed by atoms with van der Waals surface area (Å²) in [5.74, 6) is -1.76. The highest BCUT2D eigenvalue weighted by Gasteiger charge is 2.22. The van der Waals surface area contributed by atoms with E-state index in [1.54, 1.807) is 13.0 Å². The maximum atomic E-state index is 12.2. The molecule has 24 heavy (non-hydrogen) atoms. The Morgan fingerprint density at radius 2 is 1.71 bits per heavy atom. The number of hydrogen-bond acceptors (Lipinski definition) is 3. The first-order valence-corrected chi connectivity index (χ1v) is 7.65. The van der Waals surface area contributed by atoms with Gasteiger partial charge in [-0.25, -0.2) is 0 Å². The van der Waals surface area contributed by atoms with Crippen LogP contribution in [0.2, 0.25) is 0 Å². The summed E-state index contributed by atoms with van der Waals surface area (Å²) >= 11 is 0. The van der Waals surface area contributed by atoms with Gasteiger partial charge < -0.3 is 15.7 Å². The summed E-state index contributed by atoms with van der Waals surface area (Å²) < 4.78 is 0. The third-order valence-corrected chi connectivity index (χ3v) is 3.68. The first-order valence-electron chi connectivity index (χ1n) is 7.65. The Balaban J connectivity index is 2.24. The van der Waals surface area contributed by atoms with Gasteiger partial charge in [0.1, 0.15) is 6.04 Å². The number of fused-ring (bicyclic) bond motifs is 1. The second-order valence-corrected chi connectivity index (χ2v) is 5.69. The van der Waals surface area contributed by atoms with E-state index in [1.807, 2.05) is 36.4 Å². The Kier molecular flexibility index (Phi) is 5.52. The van der Waals surface area contributed by atoms with Gasteiger partial charge in [0.25, 0.3) is 0 Å². The fraction of sp³-hybridized carbons (Fsp3) is 0.278. The number of amides is 2. The zero-order chi connectivity index (χ0) is 17.7. The molecule has 2 aromatic rings. The Labute approximate surface area is 139 Å². The molecule has 0 fully saturated rings. The van der Waals surface area contributed by atoms with Crippen LogP contribution in [0.3, 0.4) is 0 Å². The van der Waals surface area contributed by atoms with E-state index < -0.39 is 24.0 Å². The van der Waals surface area contributed by atoms with Crippen LogP contribution < -0.4 is 10.6 Å². The first-order chi connectivity index (χ1) is 11.4. The Morgan fingerprint density at radius 1 is 1.04 bits per heavy atom. The summed E-state index contributed by atoms with van der Waals surface area (Å²) in [6, 6.07) is 11.9. The molecule has 0 aromatic heterocycles. The van der Waals surface area contributed by atoms with Crippen molar-refractivity contribution >= 4 is 28.6 Å². The van der Waals surface area contributed by atoms with Gasteiger partial charge in [-0.15, -0.1) is 0 Å². The molecule has 2 amide bonds. The quantitative estimate of drug-likeness (QED) is 0.756. The molecule has 0 spiro atoms. The van der Waals surface area contributed by atoms with Crippen molar-refractivity contribution in [3.8, 4) is 0 Å². The van der Waals surface area contributed by atoms with Crippen LogP contribution in [0.25, 0.3) is 10.8 Å². The van der Waals surface area contributed by atoms with Crippen molar-refractivity contribution in [1.82, 2.24) is 10.6 Å². The zero-order valence-corrected chi connectivity index (χ0v) is 13.6. The Hall–Kier alpha value is -2.89. The predicted octanol–water partition coefficient (Wildman–Crippen LogP) is 2.00. The van der Waals surface area contributed by atoms with Gasteiger partial charge in [-0.2, -0.15) is 0 Å². The summed E-state index contributed by atoms with van der Waals surface area (Å²) in [5.41, 5.74) is 0.708. The van der Waals surface area contributed by atoms with Crippen LogP contribution in [0.15, 0.2) is 42.5 Å². The van der Waals surface area contributed by atoms with Gasteiger partial charge in [0, 0.05) is 6.92 Å². The minimum absolute atomic E-state index is 0.239. The van der Waals surface area contributed by atoms with Crippen molar-refractivity contribution in [2.45, 2.75) is 32.4 Å². The number of nitrogens with one attached hydrogen (secondary N) is 2. The number of carbonyl (C=O) groups is 3. The summed E-state index contributed by atoms with van der Waals surface area (Å²) in [6.07, 6.45) is -0.239. The molecule has 126 valence electrons. The van der Waals surface area contributed by atoms with Gasteiger partial charge >= 0.3 is 5.97 Å². The molecule has 0 aliphatic carbocycles. The van der Waals surface area contributed by atoms with E-state index in [4.69, 9.17) is 5.11 Å². The molecule has 2 rings (SSSR count). The lowest BCUT2D eigenvalue weighted by atomic mass is 9.99. The third-order valence-electron chi connectivity index (χ3n) is 3.68. The average Bonchev–Trinajstić information content (AvgIpc) is 2.52. The van der Waals surface area contributed by atoms with Crippen LogP contribution >= 0.6 is 0 Å². The molecular formula is C18H20N2O4. The molecule has 0 saturated heterocycles. The van der Waals surface area contributed by atoms with Crippen LogP contribution in [0.5, 0.6) is 0 Å². The molecule has 2 atom stereocenters. The van der Waals surface area contributed by atoms with E-state index in [1.165, 1.54) is 6.92 Å². The molecule has 0 bridgehead atoms. The summed E-state index contributed by atoms with van der Waals surface area (Å²) in [4.78, 5) is 34.4. The SMILES string of the molecule is CC(=O)NC(C)C(=O)N[C@@H](CC(=O)O)c1ccc2ccccc2c1. The Bertz CT molecular complexity index is 772. The standard InChI is InChI=1S/C18H20N2O4/c1-11(19-12(2)21)18(24)20-16(10-17(22)23)15-8-7-13-5-3-4-6-14(13)9-15/h3-9,11,16H,10H2,1-2H3,(H,19,21)(H,20,24)(H,22,23)/t11?,16-/m0/s1. The summed E-state index contributed by atoms with van der Waals surface area (Å²) in [6.45, 7) is 2.87. The van der Waals surface area contributed by atoms with Crippen LogP contribution in [0, 0.1) is 0 Å². The van der Waals surface area contributed by atoms with Gasteiger partial charge in [0.15, 0.2) is 0 Å². The summed E-state index contributed by atoms with van der Waals surface area (Å²) in [7, 11) is 0. The smallest absolute Gasteiger partial charge is 0.305 e. The maximum absolute atomic E-state index is 12.2. The van der Waals surface area contributed by atoms with E-state index in [0.29, 0.717) is 5.56 Å². The van der Waals surface area contributed by atoms with Crippen molar-refractivity contribution in [2.24, 2.45) is 0 Å². The van der Waals surface area contributed by atoms with Gasteiger partial charge in [-0.05, 0) is 29.3 Å². The molecule has 6 heteroatoms. The number of aliphatic carboxylic acids is 1. The van der Waals surface area contributed by atoms with Crippen molar-refractivity contribution in [3.05, 3.63) is 48.0 Å². The van der Waals surface area contributed by atoms with Gasteiger partial charge in [0.05, 0.1) is 12.5 Å². The fourth-order valence-corrected chi connectivity index (χ4v) is 2.52. The maximum Gasteiger partial charge on any atom is 0.305 e. The Morgan fingerprint density at radius 3 is 2.33 bits per heavy atom. The fourth-order valence-electron chi connectivity index (χ4n) is 2.52. The van der Waals surface area contributed by atoms with Crippen molar-refractivity contribution < 1.29 is 19.5 Å². The van der Waals surface area contributed by atoms with Crippen LogP contribution in [-0.4, -0.2) is 28.9 Å². The molecular weight excluding hydrogens is 308 g/mol. The number of carboxylic acids is 1. The molecule has 2 aromatic carbocycles. The first kappa shape index (κ1) is 17.5.